The molecule has 120 valence electrons. The molecule has 5 nitrogen and oxygen atoms in total. The Morgan fingerprint density at radius 1 is 1.36 bits per heavy atom. The second-order valence-electron chi connectivity index (χ2n) is 5.36. The fourth-order valence-corrected chi connectivity index (χ4v) is 3.37. The Morgan fingerprint density at radius 2 is 2.05 bits per heavy atom. The van der Waals surface area contributed by atoms with Crippen LogP contribution < -0.4 is 0 Å². The zero-order valence-corrected chi connectivity index (χ0v) is 14.7. The SMILES string of the molecule is CCOC.O=Cc1cnn2c(C3CCCCC3)c(Br)cnc12. The average molecular weight is 368 g/mol. The zero-order chi connectivity index (χ0) is 15.9. The van der Waals surface area contributed by atoms with Gasteiger partial charge < -0.3 is 4.74 Å². The third kappa shape index (κ3) is 3.73. The van der Waals surface area contributed by atoms with E-state index in [0.29, 0.717) is 17.1 Å². The van der Waals surface area contributed by atoms with Gasteiger partial charge in [-0.2, -0.15) is 5.10 Å². The number of fused-ring (bicyclic) bond motifs is 1. The summed E-state index contributed by atoms with van der Waals surface area (Å²) in [7, 11) is 1.68. The van der Waals surface area contributed by atoms with Gasteiger partial charge in [-0.25, -0.2) is 9.50 Å². The molecule has 1 aliphatic carbocycles. The highest BCUT2D eigenvalue weighted by Gasteiger charge is 2.22. The first-order valence-corrected chi connectivity index (χ1v) is 8.48. The number of hydrogen-bond donors (Lipinski definition) is 0. The maximum Gasteiger partial charge on any atom is 0.165 e. The van der Waals surface area contributed by atoms with Crippen molar-refractivity contribution in [3.63, 3.8) is 0 Å². The Balaban J connectivity index is 0.000000396. The molecule has 0 aromatic carbocycles. The molecule has 1 fully saturated rings. The molecule has 6 heteroatoms. The van der Waals surface area contributed by atoms with E-state index < -0.39 is 0 Å². The van der Waals surface area contributed by atoms with Crippen LogP contribution in [0.25, 0.3) is 5.65 Å². The molecular formula is C16H22BrN3O2. The van der Waals surface area contributed by atoms with Crippen molar-refractivity contribution in [2.75, 3.05) is 13.7 Å². The largest absolute Gasteiger partial charge is 0.385 e. The second-order valence-corrected chi connectivity index (χ2v) is 6.21. The van der Waals surface area contributed by atoms with Crippen molar-refractivity contribution in [1.29, 1.82) is 0 Å². The molecule has 2 aromatic heterocycles. The van der Waals surface area contributed by atoms with E-state index in [0.717, 1.165) is 23.1 Å². The van der Waals surface area contributed by atoms with E-state index in [-0.39, 0.29) is 0 Å². The Morgan fingerprint density at radius 3 is 2.64 bits per heavy atom. The number of nitrogens with zero attached hydrogens (tertiary/aromatic N) is 3. The summed E-state index contributed by atoms with van der Waals surface area (Å²) in [6.07, 6.45) is 10.4. The Bertz CT molecular complexity index is 619. The summed E-state index contributed by atoms with van der Waals surface area (Å²) in [5.41, 5.74) is 2.38. The molecule has 0 spiro atoms. The van der Waals surface area contributed by atoms with E-state index in [4.69, 9.17) is 0 Å². The van der Waals surface area contributed by atoms with Crippen LogP contribution in [-0.2, 0) is 4.74 Å². The Hall–Kier alpha value is -1.27. The molecule has 0 saturated heterocycles. The fourth-order valence-electron chi connectivity index (χ4n) is 2.77. The fraction of sp³-hybridized carbons (Fsp3) is 0.562. The highest BCUT2D eigenvalue weighted by atomic mass is 79.9. The van der Waals surface area contributed by atoms with Crippen LogP contribution in [0.1, 0.15) is 61.0 Å². The van der Waals surface area contributed by atoms with Crippen LogP contribution in [0.5, 0.6) is 0 Å². The standard InChI is InChI=1S/C13H14BrN3O.C3H8O/c14-11-7-15-13-10(8-18)6-16-17(13)12(11)9-4-2-1-3-5-9;1-3-4-2/h6-9H,1-5H2;3H2,1-2H3. The van der Waals surface area contributed by atoms with E-state index in [9.17, 15) is 4.79 Å². The van der Waals surface area contributed by atoms with Crippen LogP contribution in [-0.4, -0.2) is 34.6 Å². The number of hydrogen-bond acceptors (Lipinski definition) is 4. The number of carbonyl (C=O) groups excluding carboxylic acids is 1. The lowest BCUT2D eigenvalue weighted by Gasteiger charge is -2.23. The molecular weight excluding hydrogens is 346 g/mol. The first-order chi connectivity index (χ1) is 10.7. The van der Waals surface area contributed by atoms with Gasteiger partial charge in [0.1, 0.15) is 0 Å². The molecule has 0 amide bonds. The topological polar surface area (TPSA) is 56.5 Å². The molecule has 0 atom stereocenters. The lowest BCUT2D eigenvalue weighted by atomic mass is 9.87. The number of aromatic nitrogens is 3. The lowest BCUT2D eigenvalue weighted by molar-refractivity contribution is 0.112. The molecule has 0 unspecified atom stereocenters. The maximum absolute atomic E-state index is 10.9. The van der Waals surface area contributed by atoms with Gasteiger partial charge in [-0.15, -0.1) is 0 Å². The van der Waals surface area contributed by atoms with Gasteiger partial charge in [-0.1, -0.05) is 19.3 Å². The van der Waals surface area contributed by atoms with Crippen molar-refractivity contribution in [1.82, 2.24) is 14.6 Å². The second kappa shape index (κ2) is 8.39. The summed E-state index contributed by atoms with van der Waals surface area (Å²) >= 11 is 3.57. The minimum absolute atomic E-state index is 0.512. The van der Waals surface area contributed by atoms with Crippen molar-refractivity contribution < 1.29 is 9.53 Å². The average Bonchev–Trinajstić information content (AvgIpc) is 2.98. The summed E-state index contributed by atoms with van der Waals surface area (Å²) in [6, 6.07) is 0. The van der Waals surface area contributed by atoms with Crippen molar-refractivity contribution in [2.45, 2.75) is 44.9 Å². The van der Waals surface area contributed by atoms with Gasteiger partial charge in [0.05, 0.1) is 21.9 Å². The predicted molar refractivity (Wildman–Crippen MR) is 89.5 cm³/mol. The van der Waals surface area contributed by atoms with E-state index in [1.54, 1.807) is 19.5 Å². The van der Waals surface area contributed by atoms with Crippen LogP contribution in [0.4, 0.5) is 0 Å². The van der Waals surface area contributed by atoms with E-state index in [1.807, 2.05) is 11.4 Å². The number of aldehydes is 1. The van der Waals surface area contributed by atoms with Gasteiger partial charge in [0.25, 0.3) is 0 Å². The quantitative estimate of drug-likeness (QED) is 0.769. The normalized spacial score (nSPS) is 15.4. The number of methoxy groups -OCH3 is 1. The molecule has 2 heterocycles. The molecule has 2 aromatic rings. The van der Waals surface area contributed by atoms with Crippen molar-refractivity contribution >= 4 is 27.9 Å². The van der Waals surface area contributed by atoms with Crippen molar-refractivity contribution in [3.05, 3.63) is 28.1 Å². The number of rotatable bonds is 3. The molecule has 0 bridgehead atoms. The first kappa shape index (κ1) is 17.1. The smallest absolute Gasteiger partial charge is 0.165 e. The molecule has 1 saturated carbocycles. The number of carbonyl (C=O) groups is 1. The summed E-state index contributed by atoms with van der Waals surface area (Å²) in [6.45, 7) is 2.78. The number of halogens is 1. The third-order valence-corrected chi connectivity index (χ3v) is 4.56. The molecule has 0 aliphatic heterocycles. The lowest BCUT2D eigenvalue weighted by Crippen LogP contribution is -2.11. The minimum Gasteiger partial charge on any atom is -0.385 e. The highest BCUT2D eigenvalue weighted by molar-refractivity contribution is 9.10. The maximum atomic E-state index is 10.9. The van der Waals surface area contributed by atoms with Gasteiger partial charge in [0, 0.05) is 25.8 Å². The van der Waals surface area contributed by atoms with E-state index in [1.165, 1.54) is 32.1 Å². The summed E-state index contributed by atoms with van der Waals surface area (Å²) in [5, 5.41) is 4.32. The van der Waals surface area contributed by atoms with Gasteiger partial charge in [0.15, 0.2) is 11.9 Å². The summed E-state index contributed by atoms with van der Waals surface area (Å²) < 4.78 is 7.35. The summed E-state index contributed by atoms with van der Waals surface area (Å²) in [4.78, 5) is 15.2. The van der Waals surface area contributed by atoms with Gasteiger partial charge in [-0.05, 0) is 35.7 Å². The monoisotopic (exact) mass is 367 g/mol. The van der Waals surface area contributed by atoms with Crippen molar-refractivity contribution in [3.8, 4) is 0 Å². The van der Waals surface area contributed by atoms with Crippen molar-refractivity contribution in [2.24, 2.45) is 0 Å². The first-order valence-electron chi connectivity index (χ1n) is 7.69. The molecule has 0 radical (unpaired) electrons. The summed E-state index contributed by atoms with van der Waals surface area (Å²) in [5.74, 6) is 0.512. The molecule has 22 heavy (non-hydrogen) atoms. The van der Waals surface area contributed by atoms with E-state index in [2.05, 4.69) is 30.7 Å². The van der Waals surface area contributed by atoms with Crippen LogP contribution in [0.15, 0.2) is 16.9 Å². The predicted octanol–water partition coefficient (Wildman–Crippen LogP) is 4.00. The zero-order valence-electron chi connectivity index (χ0n) is 13.1. The Labute approximate surface area is 139 Å². The van der Waals surface area contributed by atoms with Crippen LogP contribution >= 0.6 is 15.9 Å². The van der Waals surface area contributed by atoms with E-state index >= 15 is 0 Å². The number of ether oxygens (including phenoxy) is 1. The van der Waals surface area contributed by atoms with Crippen LogP contribution in [0.2, 0.25) is 0 Å². The van der Waals surface area contributed by atoms with Gasteiger partial charge >= 0.3 is 0 Å². The Kier molecular flexibility index (Phi) is 6.51. The molecule has 3 rings (SSSR count). The van der Waals surface area contributed by atoms with Crippen LogP contribution in [0.3, 0.4) is 0 Å². The minimum atomic E-state index is 0.512. The highest BCUT2D eigenvalue weighted by Crippen LogP contribution is 2.36. The third-order valence-electron chi connectivity index (χ3n) is 3.95. The molecule has 1 aliphatic rings. The van der Waals surface area contributed by atoms with Crippen LogP contribution in [0, 0.1) is 0 Å². The van der Waals surface area contributed by atoms with Gasteiger partial charge in [0.2, 0.25) is 0 Å². The molecule has 0 N–H and O–H groups in total. The van der Waals surface area contributed by atoms with Gasteiger partial charge in [-0.3, -0.25) is 4.79 Å².